The fraction of sp³-hybridized carbons (Fsp3) is 0.273. The van der Waals surface area contributed by atoms with Crippen LogP contribution in [0, 0.1) is 0 Å². The van der Waals surface area contributed by atoms with Gasteiger partial charge in [0.2, 0.25) is 0 Å². The van der Waals surface area contributed by atoms with Gasteiger partial charge in [-0.3, -0.25) is 4.79 Å². The number of ether oxygens (including phenoxy) is 1. The number of rotatable bonds is 7. The van der Waals surface area contributed by atoms with E-state index in [9.17, 15) is 24.6 Å². The van der Waals surface area contributed by atoms with Crippen LogP contribution >= 0.6 is 12.6 Å². The van der Waals surface area contributed by atoms with Crippen molar-refractivity contribution in [3.8, 4) is 16.9 Å². The minimum absolute atomic E-state index is 0.0162. The minimum Gasteiger partial charge on any atom is -0.507 e. The first kappa shape index (κ1) is 23.9. The predicted molar refractivity (Wildman–Crippen MR) is 120 cm³/mol. The van der Waals surface area contributed by atoms with E-state index in [2.05, 4.69) is 22.9 Å². The maximum atomic E-state index is 12.4. The van der Waals surface area contributed by atoms with E-state index in [-0.39, 0.29) is 39.4 Å². The molecule has 1 aromatic carbocycles. The van der Waals surface area contributed by atoms with Crippen molar-refractivity contribution in [2.45, 2.75) is 27.2 Å². The average Bonchev–Trinajstić information content (AvgIpc) is 2.75. The minimum atomic E-state index is -1.27. The second-order valence-corrected chi connectivity index (χ2v) is 7.36. The standard InChI is InChI=1S/C22H24N2O6S/c1-5-8-23-20(26)16-7-6-12(18(24-16)22(29)30-4)13-10-17(25)15(19(31)11(2)3)9-14(13)21(27)28/h6-7,9-10,25,31H,5,8H2,1-4H3,(H,23,26)(H,27,28). The number of carbonyl (C=O) groups is 3. The lowest BCUT2D eigenvalue weighted by molar-refractivity contribution is 0.0593. The average molecular weight is 445 g/mol. The number of esters is 1. The highest BCUT2D eigenvalue weighted by Crippen LogP contribution is 2.37. The van der Waals surface area contributed by atoms with Crippen LogP contribution in [0.4, 0.5) is 0 Å². The molecular weight excluding hydrogens is 420 g/mol. The number of methoxy groups -OCH3 is 1. The molecule has 0 aliphatic carbocycles. The number of amides is 1. The van der Waals surface area contributed by atoms with Crippen molar-refractivity contribution in [1.29, 1.82) is 0 Å². The molecule has 3 N–H and O–H groups in total. The molecule has 1 heterocycles. The number of benzene rings is 1. The lowest BCUT2D eigenvalue weighted by Gasteiger charge is -2.15. The molecule has 0 saturated heterocycles. The third-order valence-electron chi connectivity index (χ3n) is 4.43. The molecule has 0 spiro atoms. The second-order valence-electron chi connectivity index (χ2n) is 6.91. The molecule has 9 heteroatoms. The van der Waals surface area contributed by atoms with Gasteiger partial charge in [-0.2, -0.15) is 0 Å². The van der Waals surface area contributed by atoms with Crippen LogP contribution in [0.3, 0.4) is 0 Å². The third kappa shape index (κ3) is 5.24. The predicted octanol–water partition coefficient (Wildman–Crippen LogP) is 3.76. The summed E-state index contributed by atoms with van der Waals surface area (Å²) in [5.41, 5.74) is 0.755. The Kier molecular flexibility index (Phi) is 7.82. The van der Waals surface area contributed by atoms with E-state index >= 15 is 0 Å². The molecule has 31 heavy (non-hydrogen) atoms. The summed E-state index contributed by atoms with van der Waals surface area (Å²) < 4.78 is 4.78. The van der Waals surface area contributed by atoms with E-state index < -0.39 is 17.8 Å². The van der Waals surface area contributed by atoms with Crippen LogP contribution in [0.15, 0.2) is 29.8 Å². The van der Waals surface area contributed by atoms with Gasteiger partial charge < -0.3 is 20.3 Å². The van der Waals surface area contributed by atoms with Gasteiger partial charge >= 0.3 is 11.9 Å². The van der Waals surface area contributed by atoms with Crippen LogP contribution in [0.2, 0.25) is 0 Å². The van der Waals surface area contributed by atoms with E-state index in [1.54, 1.807) is 13.8 Å². The fourth-order valence-electron chi connectivity index (χ4n) is 2.83. The molecule has 0 bridgehead atoms. The zero-order valence-electron chi connectivity index (χ0n) is 17.6. The van der Waals surface area contributed by atoms with E-state index in [0.29, 0.717) is 11.4 Å². The number of aromatic carboxylic acids is 1. The molecular formula is C22H24N2O6S. The molecule has 1 aromatic heterocycles. The Labute approximate surface area is 185 Å². The van der Waals surface area contributed by atoms with Gasteiger partial charge in [-0.1, -0.05) is 12.5 Å². The molecule has 2 rings (SSSR count). The van der Waals surface area contributed by atoms with Gasteiger partial charge in [0.25, 0.3) is 5.91 Å². The highest BCUT2D eigenvalue weighted by Gasteiger charge is 2.24. The molecule has 1 amide bonds. The molecule has 0 aliphatic heterocycles. The van der Waals surface area contributed by atoms with Gasteiger partial charge in [-0.05, 0) is 44.5 Å². The van der Waals surface area contributed by atoms with E-state index in [0.717, 1.165) is 19.1 Å². The molecule has 8 nitrogen and oxygen atoms in total. The number of allylic oxidation sites excluding steroid dienone is 1. The fourth-order valence-corrected chi connectivity index (χ4v) is 3.01. The number of thiol groups is 1. The summed E-state index contributed by atoms with van der Waals surface area (Å²) >= 11 is 4.35. The third-order valence-corrected chi connectivity index (χ3v) is 5.12. The number of nitrogens with zero attached hydrogens (tertiary/aromatic N) is 1. The summed E-state index contributed by atoms with van der Waals surface area (Å²) in [6.45, 7) is 5.88. The Hall–Kier alpha value is -3.33. The monoisotopic (exact) mass is 444 g/mol. The number of pyridine rings is 1. The Bertz CT molecular complexity index is 1070. The van der Waals surface area contributed by atoms with Crippen molar-refractivity contribution in [1.82, 2.24) is 10.3 Å². The topological polar surface area (TPSA) is 126 Å². The molecule has 0 fully saturated rings. The first-order valence-corrected chi connectivity index (χ1v) is 9.92. The summed E-state index contributed by atoms with van der Waals surface area (Å²) in [4.78, 5) is 41.1. The van der Waals surface area contributed by atoms with Crippen molar-refractivity contribution < 1.29 is 29.3 Å². The summed E-state index contributed by atoms with van der Waals surface area (Å²) in [6.07, 6.45) is 0.722. The molecule has 0 radical (unpaired) electrons. The number of hydrogen-bond acceptors (Lipinski definition) is 7. The van der Waals surface area contributed by atoms with Crippen LogP contribution in [-0.4, -0.2) is 46.7 Å². The van der Waals surface area contributed by atoms with Crippen molar-refractivity contribution in [2.24, 2.45) is 0 Å². The number of carboxylic acids is 1. The second kappa shape index (κ2) is 10.1. The lowest BCUT2D eigenvalue weighted by Crippen LogP contribution is -2.25. The molecule has 2 aromatic rings. The van der Waals surface area contributed by atoms with Crippen molar-refractivity contribution in [2.75, 3.05) is 13.7 Å². The molecule has 0 saturated carbocycles. The smallest absolute Gasteiger partial charge is 0.357 e. The number of carboxylic acid groups (broad SMARTS) is 1. The number of hydrogen-bond donors (Lipinski definition) is 4. The molecule has 0 atom stereocenters. The number of phenols is 1. The normalized spacial score (nSPS) is 10.4. The number of aromatic hydroxyl groups is 1. The Morgan fingerprint density at radius 1 is 1.13 bits per heavy atom. The molecule has 164 valence electrons. The van der Waals surface area contributed by atoms with Crippen LogP contribution in [-0.2, 0) is 4.74 Å². The van der Waals surface area contributed by atoms with E-state index in [4.69, 9.17) is 4.74 Å². The first-order valence-electron chi connectivity index (χ1n) is 9.47. The van der Waals surface area contributed by atoms with E-state index in [1.807, 2.05) is 6.92 Å². The zero-order chi connectivity index (χ0) is 23.3. The SMILES string of the molecule is CCCNC(=O)c1ccc(-c2cc(O)c(C(S)=C(C)C)cc2C(=O)O)c(C(=O)OC)n1. The van der Waals surface area contributed by atoms with Crippen LogP contribution in [0.1, 0.15) is 64.1 Å². The highest BCUT2D eigenvalue weighted by atomic mass is 32.1. The Morgan fingerprint density at radius 3 is 2.35 bits per heavy atom. The maximum Gasteiger partial charge on any atom is 0.357 e. The van der Waals surface area contributed by atoms with Crippen molar-refractivity contribution >= 4 is 35.4 Å². The largest absolute Gasteiger partial charge is 0.507 e. The van der Waals surface area contributed by atoms with Gasteiger partial charge in [0.15, 0.2) is 5.69 Å². The summed E-state index contributed by atoms with van der Waals surface area (Å²) in [5.74, 6) is -2.81. The van der Waals surface area contributed by atoms with E-state index in [1.165, 1.54) is 24.3 Å². The summed E-state index contributed by atoms with van der Waals surface area (Å²) in [7, 11) is 1.15. The van der Waals surface area contributed by atoms with Crippen LogP contribution < -0.4 is 5.32 Å². The highest BCUT2D eigenvalue weighted by molar-refractivity contribution is 7.90. The maximum absolute atomic E-state index is 12.4. The van der Waals surface area contributed by atoms with Crippen molar-refractivity contribution in [3.05, 3.63) is 52.4 Å². The van der Waals surface area contributed by atoms with Crippen LogP contribution in [0.5, 0.6) is 5.75 Å². The van der Waals surface area contributed by atoms with Gasteiger partial charge in [-0.25, -0.2) is 14.6 Å². The quantitative estimate of drug-likeness (QED) is 0.378. The number of carbonyl (C=O) groups excluding carboxylic acids is 2. The number of phenolic OH excluding ortho intramolecular Hbond substituents is 1. The van der Waals surface area contributed by atoms with Gasteiger partial charge in [0.05, 0.1) is 12.7 Å². The zero-order valence-corrected chi connectivity index (χ0v) is 18.5. The van der Waals surface area contributed by atoms with Crippen LogP contribution in [0.25, 0.3) is 16.0 Å². The molecule has 0 unspecified atom stereocenters. The number of nitrogens with one attached hydrogen (secondary N) is 1. The first-order chi connectivity index (χ1) is 14.6. The lowest BCUT2D eigenvalue weighted by atomic mass is 9.94. The summed E-state index contributed by atoms with van der Waals surface area (Å²) in [5, 5.41) is 23.0. The Morgan fingerprint density at radius 2 is 1.81 bits per heavy atom. The van der Waals surface area contributed by atoms with Crippen molar-refractivity contribution in [3.63, 3.8) is 0 Å². The van der Waals surface area contributed by atoms with Gasteiger partial charge in [-0.15, -0.1) is 12.6 Å². The molecule has 0 aliphatic rings. The number of aromatic nitrogens is 1. The van der Waals surface area contributed by atoms with Gasteiger partial charge in [0, 0.05) is 28.1 Å². The van der Waals surface area contributed by atoms with Gasteiger partial charge in [0.1, 0.15) is 11.4 Å². The summed E-state index contributed by atoms with van der Waals surface area (Å²) in [6, 6.07) is 5.30. The Balaban J connectivity index is 2.75.